The highest BCUT2D eigenvalue weighted by atomic mass is 14.9. The topological polar surface area (TPSA) is 12.0 Å². The van der Waals surface area contributed by atoms with E-state index in [2.05, 4.69) is 50.4 Å². The van der Waals surface area contributed by atoms with Gasteiger partial charge in [0, 0.05) is 12.6 Å². The quantitative estimate of drug-likeness (QED) is 0.823. The Labute approximate surface area is 106 Å². The molecule has 2 atom stereocenters. The lowest BCUT2D eigenvalue weighted by Crippen LogP contribution is -2.40. The van der Waals surface area contributed by atoms with Crippen LogP contribution in [0.1, 0.15) is 57.1 Å². The van der Waals surface area contributed by atoms with E-state index in [-0.39, 0.29) is 0 Å². The lowest BCUT2D eigenvalue weighted by molar-refractivity contribution is 0.329. The summed E-state index contributed by atoms with van der Waals surface area (Å²) in [5.74, 6) is 1.49. The molecular weight excluding hydrogens is 206 g/mol. The van der Waals surface area contributed by atoms with Gasteiger partial charge in [0.15, 0.2) is 0 Å². The molecule has 1 aliphatic heterocycles. The van der Waals surface area contributed by atoms with Crippen molar-refractivity contribution in [3.63, 3.8) is 0 Å². The minimum atomic E-state index is 0.671. The first kappa shape index (κ1) is 12.6. The Morgan fingerprint density at radius 3 is 2.76 bits per heavy atom. The molecule has 1 aromatic rings. The molecule has 0 saturated carbocycles. The van der Waals surface area contributed by atoms with E-state index in [1.807, 2.05) is 0 Å². The van der Waals surface area contributed by atoms with Gasteiger partial charge in [0.2, 0.25) is 0 Å². The van der Waals surface area contributed by atoms with Crippen LogP contribution in [0.2, 0.25) is 0 Å². The fourth-order valence-electron chi connectivity index (χ4n) is 3.08. The maximum Gasteiger partial charge on any atom is 0.0211 e. The molecule has 0 aromatic heterocycles. The molecule has 2 rings (SSSR count). The Bertz CT molecular complexity index is 356. The van der Waals surface area contributed by atoms with Gasteiger partial charge >= 0.3 is 0 Å². The maximum atomic E-state index is 3.74. The second-order valence-electron chi connectivity index (χ2n) is 5.71. The summed E-state index contributed by atoms with van der Waals surface area (Å²) in [5.41, 5.74) is 3.10. The summed E-state index contributed by atoms with van der Waals surface area (Å²) < 4.78 is 0. The first-order valence-corrected chi connectivity index (χ1v) is 7.03. The van der Waals surface area contributed by atoms with Crippen molar-refractivity contribution < 1.29 is 0 Å². The SMILES string of the molecule is CCCC1c2ccccc2CNC1CC(C)C. The van der Waals surface area contributed by atoms with Crippen molar-refractivity contribution in [1.82, 2.24) is 5.32 Å². The van der Waals surface area contributed by atoms with E-state index >= 15 is 0 Å². The van der Waals surface area contributed by atoms with E-state index < -0.39 is 0 Å². The Morgan fingerprint density at radius 2 is 2.06 bits per heavy atom. The monoisotopic (exact) mass is 231 g/mol. The minimum Gasteiger partial charge on any atom is -0.309 e. The standard InChI is InChI=1S/C16H25N/c1-4-7-15-14-9-6-5-8-13(14)11-17-16(15)10-12(2)3/h5-6,8-9,12,15-17H,4,7,10-11H2,1-3H3. The highest BCUT2D eigenvalue weighted by molar-refractivity contribution is 5.33. The summed E-state index contributed by atoms with van der Waals surface area (Å²) in [5, 5.41) is 3.74. The predicted molar refractivity (Wildman–Crippen MR) is 74.2 cm³/mol. The fraction of sp³-hybridized carbons (Fsp3) is 0.625. The molecule has 0 radical (unpaired) electrons. The van der Waals surface area contributed by atoms with Gasteiger partial charge in [-0.05, 0) is 35.8 Å². The van der Waals surface area contributed by atoms with Crippen LogP contribution >= 0.6 is 0 Å². The van der Waals surface area contributed by atoms with E-state index in [1.165, 1.54) is 24.8 Å². The van der Waals surface area contributed by atoms with Gasteiger partial charge in [0.25, 0.3) is 0 Å². The van der Waals surface area contributed by atoms with E-state index in [9.17, 15) is 0 Å². The smallest absolute Gasteiger partial charge is 0.0211 e. The van der Waals surface area contributed by atoms with Crippen molar-refractivity contribution in [1.29, 1.82) is 0 Å². The Hall–Kier alpha value is -0.820. The lowest BCUT2D eigenvalue weighted by Gasteiger charge is -2.35. The summed E-state index contributed by atoms with van der Waals surface area (Å²) in [7, 11) is 0. The molecule has 1 heterocycles. The Balaban J connectivity index is 2.22. The summed E-state index contributed by atoms with van der Waals surface area (Å²) in [6, 6.07) is 9.64. The maximum absolute atomic E-state index is 3.74. The molecule has 0 spiro atoms. The van der Waals surface area contributed by atoms with Crippen LogP contribution in [0.3, 0.4) is 0 Å². The molecule has 0 fully saturated rings. The highest BCUT2D eigenvalue weighted by Crippen LogP contribution is 2.34. The molecular formula is C16H25N. The van der Waals surface area contributed by atoms with Crippen molar-refractivity contribution in [3.05, 3.63) is 35.4 Å². The normalized spacial score (nSPS) is 23.8. The molecule has 17 heavy (non-hydrogen) atoms. The number of fused-ring (bicyclic) bond motifs is 1. The van der Waals surface area contributed by atoms with E-state index in [4.69, 9.17) is 0 Å². The largest absolute Gasteiger partial charge is 0.309 e. The van der Waals surface area contributed by atoms with Crippen molar-refractivity contribution in [2.45, 2.75) is 58.5 Å². The van der Waals surface area contributed by atoms with Gasteiger partial charge in [-0.2, -0.15) is 0 Å². The first-order chi connectivity index (χ1) is 8.22. The second kappa shape index (κ2) is 5.68. The summed E-state index contributed by atoms with van der Waals surface area (Å²) >= 11 is 0. The average Bonchev–Trinajstić information content (AvgIpc) is 2.32. The predicted octanol–water partition coefficient (Wildman–Crippen LogP) is 4.09. The molecule has 94 valence electrons. The van der Waals surface area contributed by atoms with Crippen LogP contribution in [0.4, 0.5) is 0 Å². The molecule has 2 unspecified atom stereocenters. The number of hydrogen-bond acceptors (Lipinski definition) is 1. The Morgan fingerprint density at radius 1 is 1.29 bits per heavy atom. The molecule has 1 aromatic carbocycles. The van der Waals surface area contributed by atoms with Gasteiger partial charge in [-0.1, -0.05) is 51.5 Å². The number of hydrogen-bond donors (Lipinski definition) is 1. The second-order valence-corrected chi connectivity index (χ2v) is 5.71. The highest BCUT2D eigenvalue weighted by Gasteiger charge is 2.28. The van der Waals surface area contributed by atoms with Crippen molar-refractivity contribution in [3.8, 4) is 0 Å². The molecule has 1 heteroatoms. The van der Waals surface area contributed by atoms with Crippen LogP contribution in [0.5, 0.6) is 0 Å². The van der Waals surface area contributed by atoms with Crippen LogP contribution < -0.4 is 5.32 Å². The van der Waals surface area contributed by atoms with Crippen LogP contribution in [0, 0.1) is 5.92 Å². The van der Waals surface area contributed by atoms with Crippen LogP contribution in [0.25, 0.3) is 0 Å². The average molecular weight is 231 g/mol. The number of nitrogens with one attached hydrogen (secondary N) is 1. The van der Waals surface area contributed by atoms with Crippen LogP contribution in [-0.4, -0.2) is 6.04 Å². The Kier molecular flexibility index (Phi) is 4.22. The van der Waals surface area contributed by atoms with Crippen LogP contribution in [-0.2, 0) is 6.54 Å². The molecule has 0 aliphatic carbocycles. The third kappa shape index (κ3) is 2.90. The van der Waals surface area contributed by atoms with Crippen molar-refractivity contribution in [2.75, 3.05) is 0 Å². The third-order valence-corrected chi connectivity index (χ3v) is 3.82. The zero-order valence-electron chi connectivity index (χ0n) is 11.4. The molecule has 1 nitrogen and oxygen atoms in total. The van der Waals surface area contributed by atoms with Gasteiger partial charge in [0.05, 0.1) is 0 Å². The van der Waals surface area contributed by atoms with Crippen molar-refractivity contribution >= 4 is 0 Å². The van der Waals surface area contributed by atoms with Gasteiger partial charge in [-0.15, -0.1) is 0 Å². The molecule has 1 N–H and O–H groups in total. The zero-order chi connectivity index (χ0) is 12.3. The molecule has 0 bridgehead atoms. The molecule has 0 amide bonds. The van der Waals surface area contributed by atoms with E-state index in [1.54, 1.807) is 5.56 Å². The molecule has 0 saturated heterocycles. The fourth-order valence-corrected chi connectivity index (χ4v) is 3.08. The lowest BCUT2D eigenvalue weighted by atomic mass is 9.79. The molecule has 1 aliphatic rings. The number of rotatable bonds is 4. The third-order valence-electron chi connectivity index (χ3n) is 3.82. The zero-order valence-corrected chi connectivity index (χ0v) is 11.4. The van der Waals surface area contributed by atoms with Crippen LogP contribution in [0.15, 0.2) is 24.3 Å². The van der Waals surface area contributed by atoms with Gasteiger partial charge in [-0.3, -0.25) is 0 Å². The van der Waals surface area contributed by atoms with Crippen molar-refractivity contribution in [2.24, 2.45) is 5.92 Å². The van der Waals surface area contributed by atoms with E-state index in [0.717, 1.165) is 12.5 Å². The summed E-state index contributed by atoms with van der Waals surface area (Å²) in [6.07, 6.45) is 3.87. The van der Waals surface area contributed by atoms with Gasteiger partial charge in [-0.25, -0.2) is 0 Å². The number of benzene rings is 1. The summed E-state index contributed by atoms with van der Waals surface area (Å²) in [4.78, 5) is 0. The van der Waals surface area contributed by atoms with E-state index in [0.29, 0.717) is 12.0 Å². The van der Waals surface area contributed by atoms with Gasteiger partial charge < -0.3 is 5.32 Å². The first-order valence-electron chi connectivity index (χ1n) is 7.03. The summed E-state index contributed by atoms with van der Waals surface area (Å²) in [6.45, 7) is 7.99. The van der Waals surface area contributed by atoms with Gasteiger partial charge in [0.1, 0.15) is 0 Å². The minimum absolute atomic E-state index is 0.671.